The van der Waals surface area contributed by atoms with E-state index in [1.165, 1.54) is 0 Å². The van der Waals surface area contributed by atoms with Crippen LogP contribution in [0.5, 0.6) is 11.5 Å². The molecule has 3 aromatic carbocycles. The van der Waals surface area contributed by atoms with Crippen molar-refractivity contribution in [3.8, 4) is 11.5 Å². The molecule has 146 valence electrons. The second-order valence-electron chi connectivity index (χ2n) is 6.10. The summed E-state index contributed by atoms with van der Waals surface area (Å²) >= 11 is 3.13. The molecule has 0 atom stereocenters. The van der Waals surface area contributed by atoms with Gasteiger partial charge in [-0.1, -0.05) is 23.5 Å². The quantitative estimate of drug-likeness (QED) is 0.458. The first-order chi connectivity index (χ1) is 14.2. The Bertz CT molecular complexity index is 1190. The highest BCUT2D eigenvalue weighted by molar-refractivity contribution is 8.00. The lowest BCUT2D eigenvalue weighted by atomic mass is 10.2. The van der Waals surface area contributed by atoms with Crippen molar-refractivity contribution in [3.63, 3.8) is 0 Å². The fourth-order valence-corrected chi connectivity index (χ4v) is 4.76. The van der Waals surface area contributed by atoms with Gasteiger partial charge >= 0.3 is 0 Å². The van der Waals surface area contributed by atoms with Crippen LogP contribution < -0.4 is 15.0 Å². The van der Waals surface area contributed by atoms with E-state index in [0.717, 1.165) is 36.5 Å². The third kappa shape index (κ3) is 4.26. The van der Waals surface area contributed by atoms with Crippen molar-refractivity contribution >= 4 is 34.3 Å². The average molecular weight is 423 g/mol. The van der Waals surface area contributed by atoms with E-state index >= 15 is 0 Å². The van der Waals surface area contributed by atoms with E-state index in [1.54, 1.807) is 43.9 Å². The molecule has 0 unspecified atom stereocenters. The highest BCUT2D eigenvalue weighted by atomic mass is 32.2. The molecule has 7 heteroatoms. The number of fused-ring (bicyclic) bond motifs is 1. The standard InChI is InChI=1S/C22H18N2O3S2/c1-26-14-3-7-16(8-4-14)28-19-11-12-20(21-18(19)13-23-24-22(21)25)29-17-9-5-15(27-2)6-10-17/h3-13H,1-2H3,(H,24,25). The van der Waals surface area contributed by atoms with Gasteiger partial charge in [-0.15, -0.1) is 0 Å². The van der Waals surface area contributed by atoms with Gasteiger partial charge in [0.25, 0.3) is 5.56 Å². The van der Waals surface area contributed by atoms with Crippen LogP contribution in [0.4, 0.5) is 0 Å². The highest BCUT2D eigenvalue weighted by Crippen LogP contribution is 2.38. The Hall–Kier alpha value is -2.90. The number of nitrogens with one attached hydrogen (secondary N) is 1. The zero-order valence-electron chi connectivity index (χ0n) is 15.8. The van der Waals surface area contributed by atoms with Crippen molar-refractivity contribution in [1.82, 2.24) is 10.2 Å². The monoisotopic (exact) mass is 422 g/mol. The number of hydrogen-bond acceptors (Lipinski definition) is 6. The maximum atomic E-state index is 12.6. The number of hydrogen-bond donors (Lipinski definition) is 1. The zero-order chi connectivity index (χ0) is 20.2. The number of aromatic nitrogens is 2. The Balaban J connectivity index is 1.71. The van der Waals surface area contributed by atoms with Crippen molar-refractivity contribution in [2.75, 3.05) is 14.2 Å². The molecule has 0 saturated heterocycles. The Morgan fingerprint density at radius 1 is 0.759 bits per heavy atom. The number of aromatic amines is 1. The summed E-state index contributed by atoms with van der Waals surface area (Å²) in [5.74, 6) is 1.61. The molecule has 1 aromatic heterocycles. The molecule has 0 spiro atoms. The Kier molecular flexibility index (Phi) is 5.78. The van der Waals surface area contributed by atoms with Gasteiger partial charge in [0.05, 0.1) is 25.8 Å². The summed E-state index contributed by atoms with van der Waals surface area (Å²) in [7, 11) is 3.29. The number of nitrogens with zero attached hydrogens (tertiary/aromatic N) is 1. The van der Waals surface area contributed by atoms with E-state index in [4.69, 9.17) is 9.47 Å². The van der Waals surface area contributed by atoms with Crippen LogP contribution in [0, 0.1) is 0 Å². The van der Waals surface area contributed by atoms with Crippen molar-refractivity contribution in [2.24, 2.45) is 0 Å². The summed E-state index contributed by atoms with van der Waals surface area (Å²) in [6.45, 7) is 0. The number of H-pyrrole nitrogens is 1. The van der Waals surface area contributed by atoms with E-state index in [-0.39, 0.29) is 5.56 Å². The van der Waals surface area contributed by atoms with Crippen LogP contribution in [0.2, 0.25) is 0 Å². The van der Waals surface area contributed by atoms with E-state index in [0.29, 0.717) is 5.39 Å². The lowest BCUT2D eigenvalue weighted by Crippen LogP contribution is -2.08. The van der Waals surface area contributed by atoms with Gasteiger partial charge in [0, 0.05) is 25.0 Å². The summed E-state index contributed by atoms with van der Waals surface area (Å²) in [6, 6.07) is 19.6. The molecule has 29 heavy (non-hydrogen) atoms. The number of methoxy groups -OCH3 is 2. The molecule has 1 N–H and O–H groups in total. The van der Waals surface area contributed by atoms with Gasteiger partial charge in [0.2, 0.25) is 0 Å². The van der Waals surface area contributed by atoms with Crippen molar-refractivity contribution in [3.05, 3.63) is 77.2 Å². The molecule has 0 aliphatic carbocycles. The van der Waals surface area contributed by atoms with Gasteiger partial charge in [-0.3, -0.25) is 4.79 Å². The van der Waals surface area contributed by atoms with E-state index in [2.05, 4.69) is 10.2 Å². The van der Waals surface area contributed by atoms with Crippen LogP contribution in [0.25, 0.3) is 10.8 Å². The Morgan fingerprint density at radius 2 is 1.28 bits per heavy atom. The predicted octanol–water partition coefficient (Wildman–Crippen LogP) is 5.24. The Morgan fingerprint density at radius 3 is 1.83 bits per heavy atom. The zero-order valence-corrected chi connectivity index (χ0v) is 17.5. The van der Waals surface area contributed by atoms with Crippen LogP contribution in [-0.2, 0) is 0 Å². The van der Waals surface area contributed by atoms with Crippen LogP contribution in [0.3, 0.4) is 0 Å². The highest BCUT2D eigenvalue weighted by Gasteiger charge is 2.13. The summed E-state index contributed by atoms with van der Waals surface area (Å²) < 4.78 is 10.4. The average Bonchev–Trinajstić information content (AvgIpc) is 2.76. The van der Waals surface area contributed by atoms with Gasteiger partial charge in [0.15, 0.2) is 0 Å². The van der Waals surface area contributed by atoms with Crippen molar-refractivity contribution in [2.45, 2.75) is 19.6 Å². The van der Waals surface area contributed by atoms with E-state index in [9.17, 15) is 4.79 Å². The van der Waals surface area contributed by atoms with Gasteiger partial charge in [-0.25, -0.2) is 5.10 Å². The molecule has 0 radical (unpaired) electrons. The molecule has 5 nitrogen and oxygen atoms in total. The maximum absolute atomic E-state index is 12.6. The second kappa shape index (κ2) is 8.63. The molecule has 1 heterocycles. The number of rotatable bonds is 6. The van der Waals surface area contributed by atoms with Crippen LogP contribution in [0.15, 0.2) is 91.2 Å². The van der Waals surface area contributed by atoms with Crippen molar-refractivity contribution in [1.29, 1.82) is 0 Å². The normalized spacial score (nSPS) is 10.8. The van der Waals surface area contributed by atoms with Gasteiger partial charge < -0.3 is 9.47 Å². The molecule has 4 rings (SSSR count). The lowest BCUT2D eigenvalue weighted by Gasteiger charge is -2.10. The largest absolute Gasteiger partial charge is 0.497 e. The molecule has 4 aromatic rings. The maximum Gasteiger partial charge on any atom is 0.273 e. The third-order valence-electron chi connectivity index (χ3n) is 4.33. The van der Waals surface area contributed by atoms with Gasteiger partial charge in [0.1, 0.15) is 11.5 Å². The predicted molar refractivity (Wildman–Crippen MR) is 117 cm³/mol. The van der Waals surface area contributed by atoms with Crippen LogP contribution in [-0.4, -0.2) is 24.4 Å². The minimum absolute atomic E-state index is 0.198. The number of benzene rings is 3. The molecule has 0 fully saturated rings. The molecule has 0 aliphatic rings. The van der Waals surface area contributed by atoms with Crippen molar-refractivity contribution < 1.29 is 9.47 Å². The molecule has 0 saturated carbocycles. The summed E-state index contributed by atoms with van der Waals surface area (Å²) in [6.07, 6.45) is 1.71. The van der Waals surface area contributed by atoms with E-state index in [1.807, 2.05) is 60.7 Å². The first-order valence-corrected chi connectivity index (χ1v) is 10.5. The van der Waals surface area contributed by atoms with Crippen LogP contribution >= 0.6 is 23.5 Å². The molecule has 0 aliphatic heterocycles. The first-order valence-electron chi connectivity index (χ1n) is 8.82. The summed E-state index contributed by atoms with van der Waals surface area (Å²) in [5.41, 5.74) is -0.198. The fourth-order valence-electron chi connectivity index (χ4n) is 2.87. The molecular formula is C22H18N2O3S2. The minimum Gasteiger partial charge on any atom is -0.497 e. The van der Waals surface area contributed by atoms with Gasteiger partial charge in [-0.05, 0) is 60.7 Å². The van der Waals surface area contributed by atoms with Gasteiger partial charge in [-0.2, -0.15) is 5.10 Å². The van der Waals surface area contributed by atoms with Crippen LogP contribution in [0.1, 0.15) is 0 Å². The molecular weight excluding hydrogens is 404 g/mol. The molecule has 0 bridgehead atoms. The smallest absolute Gasteiger partial charge is 0.273 e. The Labute approximate surface area is 176 Å². The topological polar surface area (TPSA) is 64.2 Å². The summed E-state index contributed by atoms with van der Waals surface area (Å²) in [5, 5.41) is 8.04. The first kappa shape index (κ1) is 19.4. The van der Waals surface area contributed by atoms with E-state index < -0.39 is 0 Å². The SMILES string of the molecule is COc1ccc(Sc2ccc(Sc3ccc(OC)cc3)c3c(=O)[nH]ncc23)cc1. The molecule has 0 amide bonds. The summed E-state index contributed by atoms with van der Waals surface area (Å²) in [4.78, 5) is 16.5. The fraction of sp³-hybridized carbons (Fsp3) is 0.0909. The minimum atomic E-state index is -0.198. The lowest BCUT2D eigenvalue weighted by molar-refractivity contribution is 0.414. The third-order valence-corrected chi connectivity index (χ3v) is 6.48. The second-order valence-corrected chi connectivity index (χ2v) is 8.34. The number of ether oxygens (including phenoxy) is 2.